The molecule has 0 spiro atoms. The molecule has 1 aliphatic rings. The molecule has 3 rings (SSSR count). The summed E-state index contributed by atoms with van der Waals surface area (Å²) in [6, 6.07) is 13.6. The summed E-state index contributed by atoms with van der Waals surface area (Å²) < 4.78 is 5.48. The number of benzene rings is 1. The molecule has 0 aliphatic heterocycles. The Hall–Kier alpha value is -1.54. The molecule has 20 heavy (non-hydrogen) atoms. The SMILES string of the molecule is Cc1ccoc1CNC1CCC(c2ccccc2)CC1. The van der Waals surface area contributed by atoms with E-state index in [1.54, 1.807) is 6.26 Å². The van der Waals surface area contributed by atoms with E-state index in [-0.39, 0.29) is 0 Å². The summed E-state index contributed by atoms with van der Waals surface area (Å²) >= 11 is 0. The van der Waals surface area contributed by atoms with Gasteiger partial charge in [-0.2, -0.15) is 0 Å². The third-order valence-corrected chi connectivity index (χ3v) is 4.52. The minimum Gasteiger partial charge on any atom is -0.468 e. The molecule has 106 valence electrons. The van der Waals surface area contributed by atoms with Crippen molar-refractivity contribution >= 4 is 0 Å². The summed E-state index contributed by atoms with van der Waals surface area (Å²) in [7, 11) is 0. The first-order chi connectivity index (χ1) is 9.83. The van der Waals surface area contributed by atoms with Crippen LogP contribution in [0.2, 0.25) is 0 Å². The monoisotopic (exact) mass is 269 g/mol. The first kappa shape index (κ1) is 13.4. The molecule has 0 amide bonds. The molecule has 0 radical (unpaired) electrons. The van der Waals surface area contributed by atoms with Gasteiger partial charge >= 0.3 is 0 Å². The Morgan fingerprint density at radius 3 is 2.45 bits per heavy atom. The van der Waals surface area contributed by atoms with Crippen LogP contribution in [0.3, 0.4) is 0 Å². The molecule has 1 N–H and O–H groups in total. The van der Waals surface area contributed by atoms with Gasteiger partial charge in [-0.25, -0.2) is 0 Å². The van der Waals surface area contributed by atoms with Gasteiger partial charge in [0.1, 0.15) is 5.76 Å². The average Bonchev–Trinajstić information content (AvgIpc) is 2.92. The molecule has 0 unspecified atom stereocenters. The largest absolute Gasteiger partial charge is 0.468 e. The van der Waals surface area contributed by atoms with E-state index >= 15 is 0 Å². The van der Waals surface area contributed by atoms with Crippen molar-refractivity contribution in [1.29, 1.82) is 0 Å². The highest BCUT2D eigenvalue weighted by Crippen LogP contribution is 2.32. The second kappa shape index (κ2) is 6.27. The second-order valence-corrected chi connectivity index (χ2v) is 5.87. The zero-order valence-corrected chi connectivity index (χ0v) is 12.1. The molecule has 2 nitrogen and oxygen atoms in total. The highest BCUT2D eigenvalue weighted by atomic mass is 16.3. The summed E-state index contributed by atoms with van der Waals surface area (Å²) in [4.78, 5) is 0. The van der Waals surface area contributed by atoms with Crippen LogP contribution in [0.4, 0.5) is 0 Å². The van der Waals surface area contributed by atoms with Gasteiger partial charge in [0, 0.05) is 6.04 Å². The van der Waals surface area contributed by atoms with E-state index in [1.807, 2.05) is 6.07 Å². The molecule has 1 aromatic carbocycles. The highest BCUT2D eigenvalue weighted by molar-refractivity contribution is 5.20. The fraction of sp³-hybridized carbons (Fsp3) is 0.444. The molecule has 1 fully saturated rings. The van der Waals surface area contributed by atoms with Gasteiger partial charge in [-0.3, -0.25) is 0 Å². The van der Waals surface area contributed by atoms with Crippen LogP contribution < -0.4 is 5.32 Å². The molecular weight excluding hydrogens is 246 g/mol. The number of rotatable bonds is 4. The molecule has 1 saturated carbocycles. The minimum absolute atomic E-state index is 0.638. The van der Waals surface area contributed by atoms with Gasteiger partial charge in [-0.15, -0.1) is 0 Å². The molecule has 0 saturated heterocycles. The minimum atomic E-state index is 0.638. The van der Waals surface area contributed by atoms with Crippen LogP contribution in [-0.4, -0.2) is 6.04 Å². The first-order valence-corrected chi connectivity index (χ1v) is 7.64. The standard InChI is InChI=1S/C18H23NO/c1-14-11-12-20-18(14)13-19-17-9-7-16(8-10-17)15-5-3-2-4-6-15/h2-6,11-12,16-17,19H,7-10,13H2,1H3. The lowest BCUT2D eigenvalue weighted by atomic mass is 9.82. The Kier molecular flexibility index (Phi) is 4.22. The van der Waals surface area contributed by atoms with Crippen molar-refractivity contribution in [3.8, 4) is 0 Å². The molecule has 1 aliphatic carbocycles. The Morgan fingerprint density at radius 2 is 1.80 bits per heavy atom. The maximum atomic E-state index is 5.48. The van der Waals surface area contributed by atoms with E-state index in [1.165, 1.54) is 36.8 Å². The summed E-state index contributed by atoms with van der Waals surface area (Å²) in [6.45, 7) is 2.96. The topological polar surface area (TPSA) is 25.2 Å². The zero-order valence-electron chi connectivity index (χ0n) is 12.1. The quantitative estimate of drug-likeness (QED) is 0.889. The number of hydrogen-bond donors (Lipinski definition) is 1. The number of aryl methyl sites for hydroxylation is 1. The molecule has 0 bridgehead atoms. The van der Waals surface area contributed by atoms with E-state index in [2.05, 4.69) is 42.6 Å². The fourth-order valence-corrected chi connectivity index (χ4v) is 3.18. The first-order valence-electron chi connectivity index (χ1n) is 7.64. The Balaban J connectivity index is 1.48. The van der Waals surface area contributed by atoms with Gasteiger partial charge in [0.05, 0.1) is 12.8 Å². The van der Waals surface area contributed by atoms with Crippen LogP contribution in [0.15, 0.2) is 47.1 Å². The van der Waals surface area contributed by atoms with Crippen LogP contribution in [-0.2, 0) is 6.54 Å². The predicted octanol–water partition coefficient (Wildman–Crippen LogP) is 4.40. The molecule has 1 heterocycles. The van der Waals surface area contributed by atoms with Crippen LogP contribution in [0.25, 0.3) is 0 Å². The molecule has 0 atom stereocenters. The van der Waals surface area contributed by atoms with Crippen LogP contribution in [0, 0.1) is 6.92 Å². The van der Waals surface area contributed by atoms with Crippen molar-refractivity contribution < 1.29 is 4.42 Å². The molecular formula is C18H23NO. The third-order valence-electron chi connectivity index (χ3n) is 4.52. The van der Waals surface area contributed by atoms with Gasteiger partial charge in [0.2, 0.25) is 0 Å². The normalized spacial score (nSPS) is 22.9. The second-order valence-electron chi connectivity index (χ2n) is 5.87. The fourth-order valence-electron chi connectivity index (χ4n) is 3.18. The van der Waals surface area contributed by atoms with Gasteiger partial charge in [-0.1, -0.05) is 30.3 Å². The summed E-state index contributed by atoms with van der Waals surface area (Å²) in [6.07, 6.45) is 6.88. The predicted molar refractivity (Wildman–Crippen MR) is 81.7 cm³/mol. The van der Waals surface area contributed by atoms with Crippen molar-refractivity contribution in [3.63, 3.8) is 0 Å². The Bertz CT molecular complexity index is 523. The van der Waals surface area contributed by atoms with E-state index in [0.717, 1.165) is 18.2 Å². The third kappa shape index (κ3) is 3.13. The Morgan fingerprint density at radius 1 is 1.05 bits per heavy atom. The lowest BCUT2D eigenvalue weighted by Gasteiger charge is -2.29. The molecule has 1 aromatic heterocycles. The number of nitrogens with one attached hydrogen (secondary N) is 1. The highest BCUT2D eigenvalue weighted by Gasteiger charge is 2.22. The lowest BCUT2D eigenvalue weighted by Crippen LogP contribution is -2.32. The number of hydrogen-bond acceptors (Lipinski definition) is 2. The summed E-state index contributed by atoms with van der Waals surface area (Å²) in [5.41, 5.74) is 2.75. The molecule has 2 heteroatoms. The summed E-state index contributed by atoms with van der Waals surface area (Å²) in [5, 5.41) is 3.64. The lowest BCUT2D eigenvalue weighted by molar-refractivity contribution is 0.330. The van der Waals surface area contributed by atoms with E-state index in [0.29, 0.717) is 6.04 Å². The van der Waals surface area contributed by atoms with Crippen molar-refractivity contribution in [2.45, 2.75) is 51.1 Å². The zero-order chi connectivity index (χ0) is 13.8. The van der Waals surface area contributed by atoms with Gasteiger partial charge in [0.15, 0.2) is 0 Å². The maximum absolute atomic E-state index is 5.48. The van der Waals surface area contributed by atoms with E-state index < -0.39 is 0 Å². The smallest absolute Gasteiger partial charge is 0.120 e. The summed E-state index contributed by atoms with van der Waals surface area (Å²) in [5.74, 6) is 1.83. The van der Waals surface area contributed by atoms with Crippen molar-refractivity contribution in [2.24, 2.45) is 0 Å². The van der Waals surface area contributed by atoms with Crippen LogP contribution in [0.1, 0.15) is 48.5 Å². The van der Waals surface area contributed by atoms with E-state index in [9.17, 15) is 0 Å². The van der Waals surface area contributed by atoms with Crippen molar-refractivity contribution in [1.82, 2.24) is 5.32 Å². The van der Waals surface area contributed by atoms with Crippen LogP contribution >= 0.6 is 0 Å². The van der Waals surface area contributed by atoms with Gasteiger partial charge < -0.3 is 9.73 Å². The average molecular weight is 269 g/mol. The molecule has 2 aromatic rings. The Labute approximate surface area is 121 Å². The maximum Gasteiger partial charge on any atom is 0.120 e. The van der Waals surface area contributed by atoms with Crippen molar-refractivity contribution in [2.75, 3.05) is 0 Å². The van der Waals surface area contributed by atoms with E-state index in [4.69, 9.17) is 4.42 Å². The van der Waals surface area contributed by atoms with Gasteiger partial charge in [-0.05, 0) is 55.7 Å². The number of furan rings is 1. The van der Waals surface area contributed by atoms with Crippen LogP contribution in [0.5, 0.6) is 0 Å². The van der Waals surface area contributed by atoms with Gasteiger partial charge in [0.25, 0.3) is 0 Å². The van der Waals surface area contributed by atoms with Crippen molar-refractivity contribution in [3.05, 3.63) is 59.5 Å².